The lowest BCUT2D eigenvalue weighted by atomic mass is 10.2. The van der Waals surface area contributed by atoms with E-state index in [0.29, 0.717) is 27.0 Å². The van der Waals surface area contributed by atoms with E-state index >= 15 is 0 Å². The predicted octanol–water partition coefficient (Wildman–Crippen LogP) is 4.44. The van der Waals surface area contributed by atoms with Gasteiger partial charge in [-0.25, -0.2) is 5.43 Å². The third-order valence-electron chi connectivity index (χ3n) is 3.31. The zero-order valence-electron chi connectivity index (χ0n) is 13.8. The molecule has 0 atom stereocenters. The van der Waals surface area contributed by atoms with Gasteiger partial charge in [-0.15, -0.1) is 0 Å². The van der Waals surface area contributed by atoms with Crippen LogP contribution in [0.15, 0.2) is 47.6 Å². The minimum Gasteiger partial charge on any atom is -0.326 e. The number of nitrogens with one attached hydrogen (secondary N) is 2. The molecule has 2 rings (SSSR count). The largest absolute Gasteiger partial charge is 0.326 e. The number of hydrazone groups is 1. The van der Waals surface area contributed by atoms with Gasteiger partial charge in [0.25, 0.3) is 5.91 Å². The lowest BCUT2D eigenvalue weighted by Gasteiger charge is -2.08. The van der Waals surface area contributed by atoms with Crippen molar-refractivity contribution in [1.82, 2.24) is 5.43 Å². The summed E-state index contributed by atoms with van der Waals surface area (Å²) in [5.41, 5.74) is 4.82. The van der Waals surface area contributed by atoms with Crippen molar-refractivity contribution < 1.29 is 9.59 Å². The second kappa shape index (κ2) is 8.65. The molecule has 0 aliphatic carbocycles. The van der Waals surface area contributed by atoms with Crippen LogP contribution in [0.25, 0.3) is 0 Å². The molecule has 0 saturated carbocycles. The molecular formula is C18H17Cl2N3O2. The molecule has 0 aliphatic rings. The fourth-order valence-corrected chi connectivity index (χ4v) is 2.49. The van der Waals surface area contributed by atoms with Gasteiger partial charge in [0, 0.05) is 27.0 Å². The summed E-state index contributed by atoms with van der Waals surface area (Å²) in [7, 11) is 0. The molecule has 2 N–H and O–H groups in total. The molecule has 2 aromatic carbocycles. The van der Waals surface area contributed by atoms with Crippen molar-refractivity contribution in [2.75, 3.05) is 5.32 Å². The second-order valence-electron chi connectivity index (χ2n) is 5.48. The SMILES string of the molecule is C/C(CC(=O)Nc1ccc(Cl)cc1C)=N\NC(=O)c1cccc(Cl)c1. The first kappa shape index (κ1) is 19.0. The minimum absolute atomic E-state index is 0.0535. The number of hydrogen-bond acceptors (Lipinski definition) is 3. The van der Waals surface area contributed by atoms with Crippen molar-refractivity contribution in [1.29, 1.82) is 0 Å². The number of carbonyl (C=O) groups excluding carboxylic acids is 2. The Balaban J connectivity index is 1.92. The maximum Gasteiger partial charge on any atom is 0.271 e. The Morgan fingerprint density at radius 1 is 1.08 bits per heavy atom. The summed E-state index contributed by atoms with van der Waals surface area (Å²) in [6.45, 7) is 3.51. The Morgan fingerprint density at radius 2 is 1.80 bits per heavy atom. The zero-order chi connectivity index (χ0) is 18.4. The lowest BCUT2D eigenvalue weighted by Crippen LogP contribution is -2.21. The van der Waals surface area contributed by atoms with Crippen LogP contribution in [-0.4, -0.2) is 17.5 Å². The van der Waals surface area contributed by atoms with Crippen molar-refractivity contribution >= 4 is 46.4 Å². The average Bonchev–Trinajstić information content (AvgIpc) is 2.55. The Kier molecular flexibility index (Phi) is 6.56. The molecule has 0 saturated heterocycles. The summed E-state index contributed by atoms with van der Waals surface area (Å²) in [5, 5.41) is 7.80. The normalized spacial score (nSPS) is 11.1. The van der Waals surface area contributed by atoms with E-state index in [4.69, 9.17) is 23.2 Å². The van der Waals surface area contributed by atoms with E-state index in [0.717, 1.165) is 5.56 Å². The quantitative estimate of drug-likeness (QED) is 0.597. The van der Waals surface area contributed by atoms with Gasteiger partial charge in [0.2, 0.25) is 5.91 Å². The van der Waals surface area contributed by atoms with Crippen molar-refractivity contribution in [2.45, 2.75) is 20.3 Å². The highest BCUT2D eigenvalue weighted by molar-refractivity contribution is 6.31. The summed E-state index contributed by atoms with van der Waals surface area (Å²) >= 11 is 11.7. The number of carbonyl (C=O) groups is 2. The van der Waals surface area contributed by atoms with Crippen LogP contribution in [0.3, 0.4) is 0 Å². The molecule has 0 fully saturated rings. The van der Waals surface area contributed by atoms with Crippen LogP contribution >= 0.6 is 23.2 Å². The van der Waals surface area contributed by atoms with E-state index in [-0.39, 0.29) is 12.3 Å². The van der Waals surface area contributed by atoms with Crippen molar-refractivity contribution in [3.05, 3.63) is 63.6 Å². The number of amides is 2. The number of aryl methyl sites for hydroxylation is 1. The molecule has 0 aliphatic heterocycles. The fraction of sp³-hybridized carbons (Fsp3) is 0.167. The van der Waals surface area contributed by atoms with Crippen LogP contribution < -0.4 is 10.7 Å². The molecule has 130 valence electrons. The molecule has 0 aromatic heterocycles. The molecule has 5 nitrogen and oxygen atoms in total. The molecule has 0 bridgehead atoms. The molecule has 0 spiro atoms. The van der Waals surface area contributed by atoms with E-state index < -0.39 is 5.91 Å². The first-order chi connectivity index (χ1) is 11.8. The van der Waals surface area contributed by atoms with Gasteiger partial charge in [-0.3, -0.25) is 9.59 Å². The van der Waals surface area contributed by atoms with Crippen LogP contribution in [0.2, 0.25) is 10.0 Å². The second-order valence-corrected chi connectivity index (χ2v) is 6.36. The molecular weight excluding hydrogens is 361 g/mol. The number of anilines is 1. The number of benzene rings is 2. The minimum atomic E-state index is -0.393. The highest BCUT2D eigenvalue weighted by Gasteiger charge is 2.08. The van der Waals surface area contributed by atoms with Gasteiger partial charge in [-0.05, 0) is 55.8 Å². The molecule has 0 radical (unpaired) electrons. The summed E-state index contributed by atoms with van der Waals surface area (Å²) in [5.74, 6) is -0.625. The molecule has 0 unspecified atom stereocenters. The smallest absolute Gasteiger partial charge is 0.271 e. The first-order valence-corrected chi connectivity index (χ1v) is 8.26. The monoisotopic (exact) mass is 377 g/mol. The summed E-state index contributed by atoms with van der Waals surface area (Å²) in [6.07, 6.45) is 0.0535. The van der Waals surface area contributed by atoms with Gasteiger partial charge in [0.15, 0.2) is 0 Å². The maximum absolute atomic E-state index is 12.1. The lowest BCUT2D eigenvalue weighted by molar-refractivity contribution is -0.115. The predicted molar refractivity (Wildman–Crippen MR) is 101 cm³/mol. The average molecular weight is 378 g/mol. The standard InChI is InChI=1S/C18H17Cl2N3O2/c1-11-8-15(20)6-7-16(11)21-17(24)9-12(2)22-23-18(25)13-4-3-5-14(19)10-13/h3-8,10H,9H2,1-2H3,(H,21,24)(H,23,25)/b22-12+. The van der Waals surface area contributed by atoms with Gasteiger partial charge >= 0.3 is 0 Å². The van der Waals surface area contributed by atoms with Gasteiger partial charge in [0.05, 0.1) is 6.42 Å². The summed E-state index contributed by atoms with van der Waals surface area (Å²) in [6, 6.07) is 11.7. The highest BCUT2D eigenvalue weighted by Crippen LogP contribution is 2.19. The Morgan fingerprint density at radius 3 is 2.48 bits per heavy atom. The van der Waals surface area contributed by atoms with Crippen molar-refractivity contribution in [2.24, 2.45) is 5.10 Å². The van der Waals surface area contributed by atoms with Gasteiger partial charge in [0.1, 0.15) is 0 Å². The van der Waals surface area contributed by atoms with Crippen molar-refractivity contribution in [3.63, 3.8) is 0 Å². The third-order valence-corrected chi connectivity index (χ3v) is 3.78. The van der Waals surface area contributed by atoms with Crippen LogP contribution in [0.4, 0.5) is 5.69 Å². The van der Waals surface area contributed by atoms with Crippen molar-refractivity contribution in [3.8, 4) is 0 Å². The van der Waals surface area contributed by atoms with Crippen LogP contribution in [0, 0.1) is 6.92 Å². The molecule has 25 heavy (non-hydrogen) atoms. The first-order valence-electron chi connectivity index (χ1n) is 7.50. The third kappa shape index (κ3) is 5.89. The van der Waals surface area contributed by atoms with E-state index in [1.807, 2.05) is 6.92 Å². The van der Waals surface area contributed by atoms with E-state index in [9.17, 15) is 9.59 Å². The molecule has 2 aromatic rings. The van der Waals surface area contributed by atoms with Crippen LogP contribution in [0.1, 0.15) is 29.3 Å². The number of nitrogens with zero attached hydrogens (tertiary/aromatic N) is 1. The van der Waals surface area contributed by atoms with Gasteiger partial charge < -0.3 is 5.32 Å². The Bertz CT molecular complexity index is 835. The molecule has 2 amide bonds. The number of halogens is 2. The van der Waals surface area contributed by atoms with Crippen LogP contribution in [0.5, 0.6) is 0 Å². The topological polar surface area (TPSA) is 70.6 Å². The van der Waals surface area contributed by atoms with E-state index in [1.165, 1.54) is 6.07 Å². The zero-order valence-corrected chi connectivity index (χ0v) is 15.3. The molecule has 7 heteroatoms. The van der Waals surface area contributed by atoms with Crippen LogP contribution in [-0.2, 0) is 4.79 Å². The Hall–Kier alpha value is -2.37. The van der Waals surface area contributed by atoms with E-state index in [2.05, 4.69) is 15.8 Å². The number of rotatable bonds is 5. The maximum atomic E-state index is 12.1. The Labute approximate surface area is 156 Å². The molecule has 0 heterocycles. The fourth-order valence-electron chi connectivity index (χ4n) is 2.07. The number of hydrogen-bond donors (Lipinski definition) is 2. The summed E-state index contributed by atoms with van der Waals surface area (Å²) in [4.78, 5) is 24.0. The van der Waals surface area contributed by atoms with Gasteiger partial charge in [-0.1, -0.05) is 29.3 Å². The van der Waals surface area contributed by atoms with E-state index in [1.54, 1.807) is 43.3 Å². The highest BCUT2D eigenvalue weighted by atomic mass is 35.5. The van der Waals surface area contributed by atoms with Gasteiger partial charge in [-0.2, -0.15) is 5.10 Å². The summed E-state index contributed by atoms with van der Waals surface area (Å²) < 4.78 is 0.